The Labute approximate surface area is 99.7 Å². The van der Waals surface area contributed by atoms with Crippen molar-refractivity contribution in [3.8, 4) is 0 Å². The Morgan fingerprint density at radius 1 is 1.53 bits per heavy atom. The minimum atomic E-state index is -3.64. The van der Waals surface area contributed by atoms with Crippen LogP contribution in [0, 0.1) is 5.82 Å². The van der Waals surface area contributed by atoms with Gasteiger partial charge in [-0.15, -0.1) is 0 Å². The van der Waals surface area contributed by atoms with Gasteiger partial charge in [0.2, 0.25) is 10.0 Å². The lowest BCUT2D eigenvalue weighted by molar-refractivity contribution is 0.283. The number of sulfonamides is 1. The van der Waals surface area contributed by atoms with Crippen LogP contribution in [0.25, 0.3) is 0 Å². The van der Waals surface area contributed by atoms with Gasteiger partial charge in [0.05, 0.1) is 6.20 Å². The molecule has 0 unspecified atom stereocenters. The summed E-state index contributed by atoms with van der Waals surface area (Å²) in [6, 6.07) is 0.855. The summed E-state index contributed by atoms with van der Waals surface area (Å²) in [6.45, 7) is 3.41. The number of nitrogens with one attached hydrogen (secondary N) is 1. The highest BCUT2D eigenvalue weighted by Crippen LogP contribution is 2.18. The lowest BCUT2D eigenvalue weighted by atomic mass is 10.3. The van der Waals surface area contributed by atoms with Crippen LogP contribution in [-0.2, 0) is 10.0 Å². The molecule has 5 nitrogen and oxygen atoms in total. The van der Waals surface area contributed by atoms with Crippen molar-refractivity contribution < 1.29 is 12.8 Å². The summed E-state index contributed by atoms with van der Waals surface area (Å²) < 4.78 is 38.9. The van der Waals surface area contributed by atoms with Crippen LogP contribution in [0.3, 0.4) is 0 Å². The van der Waals surface area contributed by atoms with E-state index in [0.717, 1.165) is 12.3 Å². The number of rotatable bonds is 2. The highest BCUT2D eigenvalue weighted by molar-refractivity contribution is 7.89. The first-order chi connectivity index (χ1) is 8.01. The Kier molecular flexibility index (Phi) is 3.41. The third kappa shape index (κ3) is 2.46. The first kappa shape index (κ1) is 12.4. The fraction of sp³-hybridized carbons (Fsp3) is 0.500. The summed E-state index contributed by atoms with van der Waals surface area (Å²) in [5.74, 6) is -0.645. The summed E-state index contributed by atoms with van der Waals surface area (Å²) in [7, 11) is -3.64. The van der Waals surface area contributed by atoms with Gasteiger partial charge >= 0.3 is 0 Å². The molecule has 0 spiro atoms. The highest BCUT2D eigenvalue weighted by Gasteiger charge is 2.31. The third-order valence-electron chi connectivity index (χ3n) is 2.73. The smallest absolute Gasteiger partial charge is 0.245 e. The van der Waals surface area contributed by atoms with Gasteiger partial charge in [0.1, 0.15) is 10.7 Å². The molecule has 1 saturated heterocycles. The summed E-state index contributed by atoms with van der Waals surface area (Å²) in [5.41, 5.74) is 0. The lowest BCUT2D eigenvalue weighted by Gasteiger charge is -2.32. The van der Waals surface area contributed by atoms with Crippen molar-refractivity contribution >= 4 is 10.0 Å². The Hall–Kier alpha value is -1.05. The van der Waals surface area contributed by atoms with Gasteiger partial charge in [-0.2, -0.15) is 4.31 Å². The molecule has 1 fully saturated rings. The zero-order valence-corrected chi connectivity index (χ0v) is 10.2. The van der Waals surface area contributed by atoms with E-state index in [1.54, 1.807) is 0 Å². The lowest BCUT2D eigenvalue weighted by Crippen LogP contribution is -2.52. The number of aromatic nitrogens is 1. The SMILES string of the molecule is C[C@@H]1CNCCN1S(=O)(=O)c1cncc(F)c1. The van der Waals surface area contributed by atoms with Crippen LogP contribution >= 0.6 is 0 Å². The molecular formula is C10H14FN3O2S. The van der Waals surface area contributed by atoms with Gasteiger partial charge in [-0.1, -0.05) is 0 Å². The topological polar surface area (TPSA) is 62.3 Å². The quantitative estimate of drug-likeness (QED) is 0.824. The van der Waals surface area contributed by atoms with Crippen molar-refractivity contribution in [2.75, 3.05) is 19.6 Å². The molecular weight excluding hydrogens is 245 g/mol. The molecule has 17 heavy (non-hydrogen) atoms. The van der Waals surface area contributed by atoms with Gasteiger partial charge in [0.25, 0.3) is 0 Å². The molecule has 0 aliphatic carbocycles. The molecule has 0 amide bonds. The van der Waals surface area contributed by atoms with E-state index in [4.69, 9.17) is 0 Å². The van der Waals surface area contributed by atoms with Crippen LogP contribution < -0.4 is 5.32 Å². The summed E-state index contributed by atoms with van der Waals surface area (Å²) >= 11 is 0. The maximum atomic E-state index is 13.0. The largest absolute Gasteiger partial charge is 0.314 e. The van der Waals surface area contributed by atoms with E-state index in [2.05, 4.69) is 10.3 Å². The second-order valence-corrected chi connectivity index (χ2v) is 5.90. The van der Waals surface area contributed by atoms with Crippen molar-refractivity contribution in [3.63, 3.8) is 0 Å². The molecule has 1 N–H and O–H groups in total. The summed E-state index contributed by atoms with van der Waals surface area (Å²) in [5, 5.41) is 3.10. The third-order valence-corrected chi connectivity index (χ3v) is 4.71. The van der Waals surface area contributed by atoms with Crippen LogP contribution in [0.4, 0.5) is 4.39 Å². The number of hydrogen-bond acceptors (Lipinski definition) is 4. The Morgan fingerprint density at radius 2 is 2.29 bits per heavy atom. The molecule has 0 aromatic carbocycles. The first-order valence-corrected chi connectivity index (χ1v) is 6.79. The molecule has 1 aromatic rings. The van der Waals surface area contributed by atoms with Crippen LogP contribution in [0.2, 0.25) is 0 Å². The van der Waals surface area contributed by atoms with Crippen molar-refractivity contribution in [1.82, 2.24) is 14.6 Å². The number of halogens is 1. The van der Waals surface area contributed by atoms with E-state index in [1.165, 1.54) is 10.5 Å². The Morgan fingerprint density at radius 3 is 2.94 bits per heavy atom. The molecule has 1 aromatic heterocycles. The predicted molar refractivity (Wildman–Crippen MR) is 60.4 cm³/mol. The maximum Gasteiger partial charge on any atom is 0.245 e. The molecule has 0 radical (unpaired) electrons. The second-order valence-electron chi connectivity index (χ2n) is 4.01. The second kappa shape index (κ2) is 4.67. The van der Waals surface area contributed by atoms with E-state index in [1.807, 2.05) is 6.92 Å². The van der Waals surface area contributed by atoms with E-state index in [0.29, 0.717) is 19.6 Å². The van der Waals surface area contributed by atoms with Crippen molar-refractivity contribution in [2.45, 2.75) is 17.9 Å². The molecule has 0 saturated carbocycles. The monoisotopic (exact) mass is 259 g/mol. The van der Waals surface area contributed by atoms with E-state index >= 15 is 0 Å². The van der Waals surface area contributed by atoms with Crippen molar-refractivity contribution in [2.24, 2.45) is 0 Å². The number of nitrogens with zero attached hydrogens (tertiary/aromatic N) is 2. The van der Waals surface area contributed by atoms with Gasteiger partial charge in [-0.05, 0) is 13.0 Å². The molecule has 2 rings (SSSR count). The van der Waals surface area contributed by atoms with Crippen LogP contribution in [-0.4, -0.2) is 43.4 Å². The fourth-order valence-corrected chi connectivity index (χ4v) is 3.45. The molecule has 1 aliphatic heterocycles. The van der Waals surface area contributed by atoms with E-state index < -0.39 is 15.8 Å². The first-order valence-electron chi connectivity index (χ1n) is 5.35. The molecule has 0 bridgehead atoms. The van der Waals surface area contributed by atoms with Gasteiger partial charge in [0, 0.05) is 31.9 Å². The standard InChI is InChI=1S/C10H14FN3O2S/c1-8-5-12-2-3-14(8)17(15,16)10-4-9(11)6-13-7-10/h4,6-8,12H,2-3,5H2,1H3/t8-/m1/s1. The molecule has 94 valence electrons. The molecule has 7 heteroatoms. The average molecular weight is 259 g/mol. The average Bonchev–Trinajstić information content (AvgIpc) is 2.29. The van der Waals surface area contributed by atoms with Crippen LogP contribution in [0.5, 0.6) is 0 Å². The van der Waals surface area contributed by atoms with Gasteiger partial charge in [-0.3, -0.25) is 4.98 Å². The number of pyridine rings is 1. The minimum Gasteiger partial charge on any atom is -0.314 e. The molecule has 1 aliphatic rings. The molecule has 2 heterocycles. The zero-order valence-electron chi connectivity index (χ0n) is 9.43. The van der Waals surface area contributed by atoms with Crippen LogP contribution in [0.1, 0.15) is 6.92 Å². The van der Waals surface area contributed by atoms with Gasteiger partial charge in [-0.25, -0.2) is 12.8 Å². The zero-order chi connectivity index (χ0) is 12.5. The molecule has 1 atom stereocenters. The van der Waals surface area contributed by atoms with Gasteiger partial charge in [0.15, 0.2) is 0 Å². The minimum absolute atomic E-state index is 0.0914. The van der Waals surface area contributed by atoms with E-state index in [-0.39, 0.29) is 10.9 Å². The van der Waals surface area contributed by atoms with Gasteiger partial charge < -0.3 is 5.32 Å². The number of hydrogen-bond donors (Lipinski definition) is 1. The van der Waals surface area contributed by atoms with Crippen molar-refractivity contribution in [1.29, 1.82) is 0 Å². The fourth-order valence-electron chi connectivity index (χ4n) is 1.85. The Balaban J connectivity index is 2.35. The number of piperazine rings is 1. The van der Waals surface area contributed by atoms with E-state index in [9.17, 15) is 12.8 Å². The van der Waals surface area contributed by atoms with Crippen LogP contribution in [0.15, 0.2) is 23.4 Å². The summed E-state index contributed by atoms with van der Waals surface area (Å²) in [6.07, 6.45) is 2.16. The van der Waals surface area contributed by atoms with Crippen molar-refractivity contribution in [3.05, 3.63) is 24.3 Å². The predicted octanol–water partition coefficient (Wildman–Crippen LogP) is 0.203. The highest BCUT2D eigenvalue weighted by atomic mass is 32.2. The maximum absolute atomic E-state index is 13.0. The summed E-state index contributed by atoms with van der Waals surface area (Å²) in [4.78, 5) is 3.48. The Bertz CT molecular complexity index is 506. The normalized spacial score (nSPS) is 22.6.